The van der Waals surface area contributed by atoms with Crippen molar-refractivity contribution in [3.05, 3.63) is 180 Å². The molecule has 8 aromatic rings. The van der Waals surface area contributed by atoms with Crippen molar-refractivity contribution in [2.24, 2.45) is 0 Å². The molecule has 0 saturated heterocycles. The first-order chi connectivity index (χ1) is 23.2. The fourth-order valence-electron chi connectivity index (χ4n) is 7.24. The first kappa shape index (κ1) is 27.4. The Hall–Kier alpha value is -5.93. The highest BCUT2D eigenvalue weighted by Gasteiger charge is 2.24. The molecule has 0 bridgehead atoms. The molecule has 47 heavy (non-hydrogen) atoms. The number of aryl methyl sites for hydroxylation is 1. The molecule has 2 aromatic heterocycles. The fraction of sp³-hybridized carbons (Fsp3) is 0.0682. The van der Waals surface area contributed by atoms with E-state index in [1.807, 2.05) is 0 Å². The van der Waals surface area contributed by atoms with Crippen molar-refractivity contribution in [2.75, 3.05) is 0 Å². The third kappa shape index (κ3) is 4.71. The second kappa shape index (κ2) is 11.1. The number of rotatable bonds is 5. The molecular formula is C44H33N3. The van der Waals surface area contributed by atoms with Crippen molar-refractivity contribution in [1.29, 1.82) is 0 Å². The average molecular weight is 604 g/mol. The summed E-state index contributed by atoms with van der Waals surface area (Å²) >= 11 is 0. The van der Waals surface area contributed by atoms with E-state index in [0.717, 1.165) is 34.5 Å². The fourth-order valence-corrected chi connectivity index (χ4v) is 7.24. The number of aromatic nitrogens is 3. The summed E-state index contributed by atoms with van der Waals surface area (Å²) in [6.07, 6.45) is 5.69. The van der Waals surface area contributed by atoms with Crippen LogP contribution in [0, 0.1) is 6.92 Å². The molecule has 0 amide bonds. The van der Waals surface area contributed by atoms with Crippen LogP contribution in [0.2, 0.25) is 0 Å². The molecule has 0 aliphatic heterocycles. The predicted octanol–water partition coefficient (Wildman–Crippen LogP) is 11.0. The number of allylic oxidation sites excluding steroid dienone is 1. The van der Waals surface area contributed by atoms with Gasteiger partial charge in [-0.25, -0.2) is 4.98 Å². The van der Waals surface area contributed by atoms with Gasteiger partial charge in [-0.2, -0.15) is 0 Å². The van der Waals surface area contributed by atoms with Gasteiger partial charge >= 0.3 is 0 Å². The van der Waals surface area contributed by atoms with Crippen LogP contribution in [0.4, 0.5) is 0 Å². The smallest absolute Gasteiger partial charge is 0.145 e. The third-order valence-electron chi connectivity index (χ3n) is 9.57. The summed E-state index contributed by atoms with van der Waals surface area (Å²) in [5.74, 6) is 1.29. The Morgan fingerprint density at radius 2 is 1.28 bits per heavy atom. The minimum absolute atomic E-state index is 0.346. The molecular weight excluding hydrogens is 571 g/mol. The molecule has 9 rings (SSSR count). The Kier molecular flexibility index (Phi) is 6.50. The minimum atomic E-state index is 0.346. The number of hydrogen-bond donors (Lipinski definition) is 0. The van der Waals surface area contributed by atoms with E-state index in [0.29, 0.717) is 5.92 Å². The lowest BCUT2D eigenvalue weighted by atomic mass is 9.86. The van der Waals surface area contributed by atoms with Gasteiger partial charge in [-0.3, -0.25) is 4.57 Å². The van der Waals surface area contributed by atoms with Crippen molar-refractivity contribution >= 4 is 28.0 Å². The summed E-state index contributed by atoms with van der Waals surface area (Å²) in [5.41, 5.74) is 14.4. The topological polar surface area (TPSA) is 22.8 Å². The van der Waals surface area contributed by atoms with Gasteiger partial charge in [-0.1, -0.05) is 109 Å². The second-order valence-electron chi connectivity index (χ2n) is 12.5. The zero-order chi connectivity index (χ0) is 31.3. The number of nitrogens with zero attached hydrogens (tertiary/aromatic N) is 3. The van der Waals surface area contributed by atoms with Crippen molar-refractivity contribution in [3.8, 4) is 33.9 Å². The maximum atomic E-state index is 5.13. The summed E-state index contributed by atoms with van der Waals surface area (Å²) in [6, 6.07) is 54.5. The standard InChI is InChI=1S/C44H33N3/c1-30-19-23-37(24-20-30)46-41-25-21-33(31-11-4-2-5-12-31)28-38(41)39-29-34(22-26-42(39)46)32-13-10-14-35(27-32)44-45-40-17-8-9-18-43(40)47(44)36-15-6-3-7-16-36/h2-27,29,33H,28H2,1H3. The molecule has 0 fully saturated rings. The zero-order valence-corrected chi connectivity index (χ0v) is 26.2. The van der Waals surface area contributed by atoms with Gasteiger partial charge in [0, 0.05) is 33.9 Å². The predicted molar refractivity (Wildman–Crippen MR) is 195 cm³/mol. The van der Waals surface area contributed by atoms with E-state index in [-0.39, 0.29) is 0 Å². The van der Waals surface area contributed by atoms with Crippen molar-refractivity contribution < 1.29 is 0 Å². The van der Waals surface area contributed by atoms with Crippen LogP contribution < -0.4 is 0 Å². The van der Waals surface area contributed by atoms with Gasteiger partial charge in [0.2, 0.25) is 0 Å². The van der Waals surface area contributed by atoms with E-state index >= 15 is 0 Å². The van der Waals surface area contributed by atoms with Crippen LogP contribution in [-0.2, 0) is 6.42 Å². The van der Waals surface area contributed by atoms with Crippen LogP contribution in [0.25, 0.3) is 61.9 Å². The molecule has 0 N–H and O–H groups in total. The molecule has 3 nitrogen and oxygen atoms in total. The van der Waals surface area contributed by atoms with Crippen molar-refractivity contribution in [2.45, 2.75) is 19.3 Å². The SMILES string of the molecule is Cc1ccc(-n2c3c(c4cc(-c5cccc(-c6nc7ccccc7n6-c6ccccc6)c5)ccc42)CC(c2ccccc2)C=C3)cc1. The highest BCUT2D eigenvalue weighted by atomic mass is 15.1. The number of hydrogen-bond acceptors (Lipinski definition) is 1. The van der Waals surface area contributed by atoms with Gasteiger partial charge in [-0.05, 0) is 96.3 Å². The van der Waals surface area contributed by atoms with Gasteiger partial charge in [0.15, 0.2) is 0 Å². The number of benzene rings is 6. The summed E-state index contributed by atoms with van der Waals surface area (Å²) < 4.78 is 4.70. The highest BCUT2D eigenvalue weighted by molar-refractivity contribution is 5.94. The van der Waals surface area contributed by atoms with Gasteiger partial charge in [0.1, 0.15) is 5.82 Å². The maximum Gasteiger partial charge on any atom is 0.145 e. The maximum absolute atomic E-state index is 5.13. The molecule has 2 heterocycles. The van der Waals surface area contributed by atoms with Crippen LogP contribution in [0.5, 0.6) is 0 Å². The summed E-state index contributed by atoms with van der Waals surface area (Å²) in [4.78, 5) is 5.13. The molecule has 3 heteroatoms. The Bertz CT molecular complexity index is 2430. The Morgan fingerprint density at radius 1 is 0.574 bits per heavy atom. The van der Waals surface area contributed by atoms with Crippen LogP contribution >= 0.6 is 0 Å². The van der Waals surface area contributed by atoms with E-state index in [1.54, 1.807) is 0 Å². The molecule has 1 atom stereocenters. The van der Waals surface area contributed by atoms with Crippen LogP contribution in [-0.4, -0.2) is 14.1 Å². The average Bonchev–Trinajstić information content (AvgIpc) is 3.68. The van der Waals surface area contributed by atoms with E-state index in [4.69, 9.17) is 4.98 Å². The second-order valence-corrected chi connectivity index (χ2v) is 12.5. The number of para-hydroxylation sites is 3. The molecule has 1 unspecified atom stereocenters. The Balaban J connectivity index is 1.20. The van der Waals surface area contributed by atoms with Crippen LogP contribution in [0.1, 0.15) is 28.3 Å². The van der Waals surface area contributed by atoms with Gasteiger partial charge < -0.3 is 4.57 Å². The van der Waals surface area contributed by atoms with Crippen LogP contribution in [0.3, 0.4) is 0 Å². The Morgan fingerprint density at radius 3 is 2.11 bits per heavy atom. The molecule has 1 aliphatic carbocycles. The van der Waals surface area contributed by atoms with Crippen molar-refractivity contribution in [3.63, 3.8) is 0 Å². The summed E-state index contributed by atoms with van der Waals surface area (Å²) in [7, 11) is 0. The van der Waals surface area contributed by atoms with E-state index in [1.165, 1.54) is 50.1 Å². The lowest BCUT2D eigenvalue weighted by Gasteiger charge is -2.19. The molecule has 0 spiro atoms. The normalized spacial score (nSPS) is 14.1. The van der Waals surface area contributed by atoms with Crippen LogP contribution in [0.15, 0.2) is 158 Å². The number of fused-ring (bicyclic) bond motifs is 4. The lowest BCUT2D eigenvalue weighted by molar-refractivity contribution is 0.825. The number of imidazole rings is 1. The molecule has 6 aromatic carbocycles. The first-order valence-corrected chi connectivity index (χ1v) is 16.3. The first-order valence-electron chi connectivity index (χ1n) is 16.3. The molecule has 224 valence electrons. The highest BCUT2D eigenvalue weighted by Crippen LogP contribution is 2.40. The van der Waals surface area contributed by atoms with E-state index < -0.39 is 0 Å². The summed E-state index contributed by atoms with van der Waals surface area (Å²) in [5, 5.41) is 1.31. The molecule has 0 saturated carbocycles. The van der Waals surface area contributed by atoms with Gasteiger partial charge in [0.25, 0.3) is 0 Å². The van der Waals surface area contributed by atoms with Crippen molar-refractivity contribution in [1.82, 2.24) is 14.1 Å². The minimum Gasteiger partial charge on any atom is -0.310 e. The summed E-state index contributed by atoms with van der Waals surface area (Å²) in [6.45, 7) is 2.15. The van der Waals surface area contributed by atoms with E-state index in [9.17, 15) is 0 Å². The van der Waals surface area contributed by atoms with Gasteiger partial charge in [0.05, 0.1) is 16.6 Å². The van der Waals surface area contributed by atoms with E-state index in [2.05, 4.69) is 180 Å². The Labute approximate surface area is 274 Å². The largest absolute Gasteiger partial charge is 0.310 e. The third-order valence-corrected chi connectivity index (χ3v) is 9.57. The zero-order valence-electron chi connectivity index (χ0n) is 26.2. The quantitative estimate of drug-likeness (QED) is 0.192. The molecule has 0 radical (unpaired) electrons. The monoisotopic (exact) mass is 603 g/mol. The lowest BCUT2D eigenvalue weighted by Crippen LogP contribution is -2.07. The molecule has 1 aliphatic rings. The van der Waals surface area contributed by atoms with Gasteiger partial charge in [-0.15, -0.1) is 0 Å².